The maximum Gasteiger partial charge on any atom is 1.00 e. The quantitative estimate of drug-likeness (QED) is 0.644. The third-order valence-corrected chi connectivity index (χ3v) is 2.48. The third-order valence-electron chi connectivity index (χ3n) is 2.48. The van der Waals surface area contributed by atoms with E-state index in [1.807, 2.05) is 41.5 Å². The Morgan fingerprint density at radius 3 is 1.71 bits per heavy atom. The molecule has 0 spiro atoms. The third kappa shape index (κ3) is 6.09. The maximum absolute atomic E-state index is 14.1. The Morgan fingerprint density at radius 2 is 1.38 bits per heavy atom. The SMILES string of the molecule is CC(C)O[B-](OC(C)C)(OC(C)C)c1ncccc1F.[Li+]. The molecule has 0 aliphatic carbocycles. The van der Waals surface area contributed by atoms with Gasteiger partial charge in [0.25, 0.3) is 0 Å². The molecule has 1 heterocycles. The first-order valence-corrected chi connectivity index (χ1v) is 7.04. The summed E-state index contributed by atoms with van der Waals surface area (Å²) >= 11 is 0. The van der Waals surface area contributed by atoms with E-state index in [0.29, 0.717) is 0 Å². The molecule has 21 heavy (non-hydrogen) atoms. The van der Waals surface area contributed by atoms with Crippen LogP contribution in [0.1, 0.15) is 41.5 Å². The monoisotopic (exact) mass is 291 g/mol. The second-order valence-electron chi connectivity index (χ2n) is 5.57. The van der Waals surface area contributed by atoms with E-state index in [4.69, 9.17) is 14.0 Å². The molecule has 114 valence electrons. The summed E-state index contributed by atoms with van der Waals surface area (Å²) in [5.74, 6) is -0.491. The van der Waals surface area contributed by atoms with Crippen molar-refractivity contribution in [3.8, 4) is 0 Å². The fourth-order valence-corrected chi connectivity index (χ4v) is 2.02. The van der Waals surface area contributed by atoms with Gasteiger partial charge in [-0.3, -0.25) is 4.98 Å². The molecule has 0 aliphatic rings. The van der Waals surface area contributed by atoms with Crippen LogP contribution in [0.5, 0.6) is 0 Å². The van der Waals surface area contributed by atoms with Gasteiger partial charge in [0.15, 0.2) is 0 Å². The molecule has 0 aliphatic heterocycles. The van der Waals surface area contributed by atoms with E-state index in [9.17, 15) is 4.39 Å². The van der Waals surface area contributed by atoms with Crippen LogP contribution >= 0.6 is 0 Å². The molecule has 0 atom stereocenters. The zero-order valence-corrected chi connectivity index (χ0v) is 14.1. The van der Waals surface area contributed by atoms with E-state index < -0.39 is 12.6 Å². The van der Waals surface area contributed by atoms with E-state index in [0.717, 1.165) is 0 Å². The first kappa shape index (κ1) is 20.6. The van der Waals surface area contributed by atoms with Crippen molar-refractivity contribution in [2.24, 2.45) is 0 Å². The zero-order valence-electron chi connectivity index (χ0n) is 14.1. The summed E-state index contributed by atoms with van der Waals surface area (Å²) in [5, 5.41) is 0. The van der Waals surface area contributed by atoms with Crippen molar-refractivity contribution in [3.05, 3.63) is 24.1 Å². The Morgan fingerprint density at radius 1 is 0.952 bits per heavy atom. The van der Waals surface area contributed by atoms with Gasteiger partial charge in [-0.25, -0.2) is 4.39 Å². The van der Waals surface area contributed by atoms with Gasteiger partial charge >= 0.3 is 25.6 Å². The summed E-state index contributed by atoms with van der Waals surface area (Å²) < 4.78 is 31.7. The van der Waals surface area contributed by atoms with Crippen molar-refractivity contribution in [1.29, 1.82) is 0 Å². The van der Waals surface area contributed by atoms with Crippen LogP contribution in [0.25, 0.3) is 0 Å². The molecule has 0 unspecified atom stereocenters. The normalized spacial score (nSPS) is 12.1. The molecule has 0 radical (unpaired) electrons. The first-order chi connectivity index (χ1) is 9.27. The van der Waals surface area contributed by atoms with Crippen molar-refractivity contribution >= 4 is 12.3 Å². The number of hydrogen-bond acceptors (Lipinski definition) is 4. The number of halogens is 1. The Balaban J connectivity index is 0.00000400. The first-order valence-electron chi connectivity index (χ1n) is 7.04. The van der Waals surface area contributed by atoms with Crippen LogP contribution in [-0.2, 0) is 14.0 Å². The molecule has 4 nitrogen and oxygen atoms in total. The summed E-state index contributed by atoms with van der Waals surface area (Å²) in [6, 6.07) is 2.86. The molecule has 0 aromatic carbocycles. The standard InChI is InChI=1S/C14H24BFNO3.Li/c1-10(2)18-15(19-11(3)4,20-12(5)6)14-13(16)8-7-9-17-14;/h7-12H,1-6H3;/q-1;+1. The van der Waals surface area contributed by atoms with Gasteiger partial charge in [0.1, 0.15) is 5.82 Å². The van der Waals surface area contributed by atoms with Crippen LogP contribution < -0.4 is 24.5 Å². The molecule has 1 aromatic heterocycles. The second-order valence-corrected chi connectivity index (χ2v) is 5.57. The molecule has 1 aromatic rings. The molecule has 0 fully saturated rings. The molecular formula is C14H24BFLiNO3. The van der Waals surface area contributed by atoms with Gasteiger partial charge in [-0.15, -0.1) is 0 Å². The van der Waals surface area contributed by atoms with Crippen LogP contribution in [0.3, 0.4) is 0 Å². The van der Waals surface area contributed by atoms with Gasteiger partial charge in [-0.1, -0.05) is 0 Å². The Labute approximate surface area is 139 Å². The maximum atomic E-state index is 14.1. The largest absolute Gasteiger partial charge is 1.00 e. The number of aromatic nitrogens is 1. The van der Waals surface area contributed by atoms with E-state index in [-0.39, 0.29) is 42.8 Å². The van der Waals surface area contributed by atoms with Gasteiger partial charge in [-0.05, 0) is 53.7 Å². The number of pyridine rings is 1. The van der Waals surface area contributed by atoms with Crippen molar-refractivity contribution in [2.45, 2.75) is 59.9 Å². The molecule has 1 rings (SSSR count). The van der Waals surface area contributed by atoms with Crippen molar-refractivity contribution in [3.63, 3.8) is 0 Å². The summed E-state index contributed by atoms with van der Waals surface area (Å²) in [6.45, 7) is 8.68. The number of rotatable bonds is 7. The minimum absolute atomic E-state index is 0. The van der Waals surface area contributed by atoms with E-state index in [1.165, 1.54) is 18.3 Å². The Bertz CT molecular complexity index is 406. The van der Waals surface area contributed by atoms with Crippen LogP contribution in [0, 0.1) is 5.82 Å². The van der Waals surface area contributed by atoms with Crippen LogP contribution in [0.4, 0.5) is 4.39 Å². The summed E-state index contributed by atoms with van der Waals surface area (Å²) in [6.07, 6.45) is 0.947. The van der Waals surface area contributed by atoms with Gasteiger partial charge in [0.05, 0.1) is 0 Å². The minimum Gasteiger partial charge on any atom is -0.538 e. The predicted molar refractivity (Wildman–Crippen MR) is 78.2 cm³/mol. The van der Waals surface area contributed by atoms with Crippen molar-refractivity contribution < 1.29 is 37.2 Å². The molecular weight excluding hydrogens is 267 g/mol. The van der Waals surface area contributed by atoms with E-state index in [2.05, 4.69) is 4.98 Å². The molecule has 7 heteroatoms. The molecule has 0 amide bonds. The Hall–Kier alpha value is -0.378. The fourth-order valence-electron chi connectivity index (χ4n) is 2.02. The zero-order chi connectivity index (χ0) is 15.3. The topological polar surface area (TPSA) is 40.6 Å². The van der Waals surface area contributed by atoms with Gasteiger partial charge in [0.2, 0.25) is 0 Å². The second kappa shape index (κ2) is 8.92. The molecule has 0 bridgehead atoms. The molecule has 0 saturated heterocycles. The molecule has 0 N–H and O–H groups in total. The average Bonchev–Trinajstić information content (AvgIpc) is 2.26. The number of hydrogen-bond donors (Lipinski definition) is 0. The summed E-state index contributed by atoms with van der Waals surface area (Å²) in [7, 11) is 0. The average molecular weight is 291 g/mol. The predicted octanol–water partition coefficient (Wildman–Crippen LogP) is -0.354. The van der Waals surface area contributed by atoms with Gasteiger partial charge in [0, 0.05) is 30.1 Å². The van der Waals surface area contributed by atoms with Crippen LogP contribution in [0.2, 0.25) is 0 Å². The van der Waals surface area contributed by atoms with Gasteiger partial charge in [-0.2, -0.15) is 0 Å². The minimum atomic E-state index is -2.43. The molecule has 0 saturated carbocycles. The van der Waals surface area contributed by atoms with E-state index >= 15 is 0 Å². The fraction of sp³-hybridized carbons (Fsp3) is 0.643. The van der Waals surface area contributed by atoms with E-state index in [1.54, 1.807) is 0 Å². The van der Waals surface area contributed by atoms with Crippen molar-refractivity contribution in [1.82, 2.24) is 4.98 Å². The smallest absolute Gasteiger partial charge is 0.538 e. The van der Waals surface area contributed by atoms with Crippen LogP contribution in [-0.4, -0.2) is 30.1 Å². The summed E-state index contributed by atoms with van der Waals surface area (Å²) in [4.78, 5) is 4.09. The summed E-state index contributed by atoms with van der Waals surface area (Å²) in [5.41, 5.74) is 0.0728. The number of nitrogens with zero attached hydrogens (tertiary/aromatic N) is 1. The van der Waals surface area contributed by atoms with Crippen molar-refractivity contribution in [2.75, 3.05) is 0 Å². The Kier molecular flexibility index (Phi) is 8.76. The van der Waals surface area contributed by atoms with Crippen LogP contribution in [0.15, 0.2) is 18.3 Å². The van der Waals surface area contributed by atoms with Gasteiger partial charge < -0.3 is 14.0 Å².